The Balaban J connectivity index is 1.98. The fourth-order valence-corrected chi connectivity index (χ4v) is 4.82. The molecule has 0 aliphatic rings. The SMILES string of the molecule is CC(C)(C)NS(=O)(=O)c1ccccc1CNC(=O)CSc1ccc([N+](=O)[O-])cc1. The number of thioether (sulfide) groups is 1. The van der Waals surface area contributed by atoms with Gasteiger partial charge < -0.3 is 5.32 Å². The van der Waals surface area contributed by atoms with Gasteiger partial charge in [-0.25, -0.2) is 13.1 Å². The van der Waals surface area contributed by atoms with Crippen molar-refractivity contribution in [3.8, 4) is 0 Å². The summed E-state index contributed by atoms with van der Waals surface area (Å²) in [6.07, 6.45) is 0. The fraction of sp³-hybridized carbons (Fsp3) is 0.316. The maximum atomic E-state index is 12.6. The van der Waals surface area contributed by atoms with Gasteiger partial charge in [0.1, 0.15) is 0 Å². The number of amides is 1. The number of nitrogens with one attached hydrogen (secondary N) is 2. The van der Waals surface area contributed by atoms with Gasteiger partial charge in [-0.3, -0.25) is 14.9 Å². The second-order valence-electron chi connectivity index (χ2n) is 7.28. The molecule has 0 spiro atoms. The summed E-state index contributed by atoms with van der Waals surface area (Å²) in [6.45, 7) is 5.33. The molecule has 8 nitrogen and oxygen atoms in total. The van der Waals surface area contributed by atoms with Gasteiger partial charge >= 0.3 is 0 Å². The summed E-state index contributed by atoms with van der Waals surface area (Å²) < 4.78 is 27.9. The summed E-state index contributed by atoms with van der Waals surface area (Å²) in [5, 5.41) is 13.4. The van der Waals surface area contributed by atoms with Crippen LogP contribution >= 0.6 is 11.8 Å². The summed E-state index contributed by atoms with van der Waals surface area (Å²) in [4.78, 5) is 23.2. The third-order valence-electron chi connectivity index (χ3n) is 3.60. The van der Waals surface area contributed by atoms with E-state index in [1.807, 2.05) is 0 Å². The first-order chi connectivity index (χ1) is 13.5. The van der Waals surface area contributed by atoms with Crippen LogP contribution in [0.2, 0.25) is 0 Å². The minimum atomic E-state index is -3.72. The van der Waals surface area contributed by atoms with Crippen molar-refractivity contribution in [2.75, 3.05) is 5.75 Å². The molecule has 0 fully saturated rings. The highest BCUT2D eigenvalue weighted by atomic mass is 32.2. The van der Waals surface area contributed by atoms with E-state index in [1.165, 1.54) is 30.0 Å². The van der Waals surface area contributed by atoms with E-state index >= 15 is 0 Å². The van der Waals surface area contributed by atoms with Gasteiger partial charge in [0.2, 0.25) is 15.9 Å². The highest BCUT2D eigenvalue weighted by Crippen LogP contribution is 2.21. The molecule has 0 heterocycles. The van der Waals surface area contributed by atoms with Crippen LogP contribution in [0, 0.1) is 10.1 Å². The highest BCUT2D eigenvalue weighted by Gasteiger charge is 2.24. The molecule has 0 aromatic heterocycles. The van der Waals surface area contributed by atoms with E-state index in [4.69, 9.17) is 0 Å². The van der Waals surface area contributed by atoms with Crippen molar-refractivity contribution in [3.05, 3.63) is 64.2 Å². The monoisotopic (exact) mass is 437 g/mol. The normalized spacial score (nSPS) is 11.8. The fourth-order valence-electron chi connectivity index (χ4n) is 2.43. The predicted octanol–water partition coefficient (Wildman–Crippen LogP) is 3.08. The predicted molar refractivity (Wildman–Crippen MR) is 112 cm³/mol. The molecule has 0 unspecified atom stereocenters. The van der Waals surface area contributed by atoms with Crippen LogP contribution in [0.3, 0.4) is 0 Å². The average molecular weight is 438 g/mol. The number of sulfonamides is 1. The van der Waals surface area contributed by atoms with Crippen molar-refractivity contribution in [2.24, 2.45) is 0 Å². The summed E-state index contributed by atoms with van der Waals surface area (Å²) in [5.74, 6) is -0.170. The Hall–Kier alpha value is -2.43. The second kappa shape index (κ2) is 9.38. The zero-order chi connectivity index (χ0) is 21.7. The molecule has 10 heteroatoms. The largest absolute Gasteiger partial charge is 0.351 e. The van der Waals surface area contributed by atoms with E-state index in [2.05, 4.69) is 10.0 Å². The lowest BCUT2D eigenvalue weighted by Gasteiger charge is -2.21. The molecule has 1 amide bonds. The van der Waals surface area contributed by atoms with Crippen molar-refractivity contribution >= 4 is 33.4 Å². The average Bonchev–Trinajstić information content (AvgIpc) is 2.63. The molecule has 2 aromatic carbocycles. The zero-order valence-corrected chi connectivity index (χ0v) is 18.0. The van der Waals surface area contributed by atoms with E-state index in [0.717, 1.165) is 4.90 Å². The first-order valence-corrected chi connectivity index (χ1v) is 11.2. The lowest BCUT2D eigenvalue weighted by Crippen LogP contribution is -2.41. The minimum Gasteiger partial charge on any atom is -0.351 e. The molecule has 0 aliphatic carbocycles. The lowest BCUT2D eigenvalue weighted by molar-refractivity contribution is -0.384. The van der Waals surface area contributed by atoms with E-state index in [1.54, 1.807) is 51.1 Å². The van der Waals surface area contributed by atoms with Gasteiger partial charge in [-0.15, -0.1) is 11.8 Å². The number of nitrogens with zero attached hydrogens (tertiary/aromatic N) is 1. The molecule has 2 rings (SSSR count). The third-order valence-corrected chi connectivity index (χ3v) is 6.47. The van der Waals surface area contributed by atoms with Gasteiger partial charge in [-0.2, -0.15) is 0 Å². The Kier molecular flexibility index (Phi) is 7.39. The number of nitro benzene ring substituents is 1. The van der Waals surface area contributed by atoms with Gasteiger partial charge in [0.05, 0.1) is 15.6 Å². The van der Waals surface area contributed by atoms with Crippen LogP contribution in [-0.2, 0) is 21.4 Å². The molecule has 156 valence electrons. The van der Waals surface area contributed by atoms with Crippen molar-refractivity contribution < 1.29 is 18.1 Å². The van der Waals surface area contributed by atoms with Crippen LogP contribution in [0.1, 0.15) is 26.3 Å². The number of rotatable bonds is 8. The number of nitro groups is 1. The number of benzene rings is 2. The second-order valence-corrected chi connectivity index (χ2v) is 9.98. The van der Waals surface area contributed by atoms with Crippen LogP contribution in [-0.4, -0.2) is 30.5 Å². The molecule has 0 radical (unpaired) electrons. The van der Waals surface area contributed by atoms with Crippen molar-refractivity contribution in [1.29, 1.82) is 0 Å². The quantitative estimate of drug-likeness (QED) is 0.372. The first kappa shape index (κ1) is 22.9. The Morgan fingerprint density at radius 3 is 2.31 bits per heavy atom. The number of hydrogen-bond acceptors (Lipinski definition) is 6. The van der Waals surface area contributed by atoms with Crippen molar-refractivity contribution in [1.82, 2.24) is 10.0 Å². The summed E-state index contributed by atoms with van der Waals surface area (Å²) >= 11 is 1.24. The molecular weight excluding hydrogens is 414 g/mol. The van der Waals surface area contributed by atoms with Gasteiger partial charge in [0, 0.05) is 29.1 Å². The number of hydrogen-bond donors (Lipinski definition) is 2. The molecule has 29 heavy (non-hydrogen) atoms. The highest BCUT2D eigenvalue weighted by molar-refractivity contribution is 8.00. The molecule has 0 saturated carbocycles. The smallest absolute Gasteiger partial charge is 0.269 e. The van der Waals surface area contributed by atoms with Crippen molar-refractivity contribution in [3.63, 3.8) is 0 Å². The lowest BCUT2D eigenvalue weighted by atomic mass is 10.1. The summed E-state index contributed by atoms with van der Waals surface area (Å²) in [7, 11) is -3.72. The number of non-ortho nitro benzene ring substituents is 1. The van der Waals surface area contributed by atoms with Crippen LogP contribution < -0.4 is 10.0 Å². The molecular formula is C19H23N3O5S2. The maximum Gasteiger partial charge on any atom is 0.269 e. The van der Waals surface area contributed by atoms with Crippen LogP contribution in [0.5, 0.6) is 0 Å². The standard InChI is InChI=1S/C19H23N3O5S2/c1-19(2,3)21-29(26,27)17-7-5-4-6-14(17)12-20-18(23)13-28-16-10-8-15(9-11-16)22(24)25/h4-11,21H,12-13H2,1-3H3,(H,20,23). The Morgan fingerprint density at radius 1 is 1.10 bits per heavy atom. The van der Waals surface area contributed by atoms with E-state index in [-0.39, 0.29) is 28.8 Å². The molecule has 0 bridgehead atoms. The van der Waals surface area contributed by atoms with Gasteiger partial charge in [0.25, 0.3) is 5.69 Å². The number of carbonyl (C=O) groups excluding carboxylic acids is 1. The van der Waals surface area contributed by atoms with Crippen molar-refractivity contribution in [2.45, 2.75) is 42.6 Å². The van der Waals surface area contributed by atoms with Crippen LogP contribution in [0.4, 0.5) is 5.69 Å². The maximum absolute atomic E-state index is 12.6. The Bertz CT molecular complexity index is 984. The van der Waals surface area contributed by atoms with Gasteiger partial charge in [0.15, 0.2) is 0 Å². The molecule has 2 aromatic rings. The minimum absolute atomic E-state index is 0.0134. The molecule has 2 N–H and O–H groups in total. The zero-order valence-electron chi connectivity index (χ0n) is 16.3. The summed E-state index contributed by atoms with van der Waals surface area (Å²) in [5.41, 5.74) is -0.158. The van der Waals surface area contributed by atoms with Crippen LogP contribution in [0.25, 0.3) is 0 Å². The van der Waals surface area contributed by atoms with E-state index in [0.29, 0.717) is 5.56 Å². The molecule has 0 atom stereocenters. The number of carbonyl (C=O) groups is 1. The molecule has 0 aliphatic heterocycles. The Morgan fingerprint density at radius 2 is 1.72 bits per heavy atom. The van der Waals surface area contributed by atoms with Gasteiger partial charge in [-0.05, 0) is 44.5 Å². The third kappa shape index (κ3) is 7.15. The topological polar surface area (TPSA) is 118 Å². The van der Waals surface area contributed by atoms with E-state index in [9.17, 15) is 23.3 Å². The Labute approximate surface area is 174 Å². The summed E-state index contributed by atoms with van der Waals surface area (Å²) in [6, 6.07) is 12.4. The van der Waals surface area contributed by atoms with Crippen LogP contribution in [0.15, 0.2) is 58.3 Å². The first-order valence-electron chi connectivity index (χ1n) is 8.74. The molecule has 0 saturated heterocycles. The van der Waals surface area contributed by atoms with Gasteiger partial charge in [-0.1, -0.05) is 18.2 Å². The van der Waals surface area contributed by atoms with E-state index < -0.39 is 20.5 Å².